The number of methoxy groups -OCH3 is 1. The van der Waals surface area contributed by atoms with Crippen molar-refractivity contribution < 1.29 is 14.3 Å². The van der Waals surface area contributed by atoms with E-state index in [1.165, 1.54) is 0 Å². The van der Waals surface area contributed by atoms with Gasteiger partial charge in [-0.1, -0.05) is 6.08 Å². The molecular formula is C14H15BrO3. The Morgan fingerprint density at radius 2 is 2.28 bits per heavy atom. The Bertz CT molecular complexity index is 468. The molecular weight excluding hydrogens is 296 g/mol. The quantitative estimate of drug-likeness (QED) is 0.627. The summed E-state index contributed by atoms with van der Waals surface area (Å²) in [6.45, 7) is 0. The number of halogens is 1. The van der Waals surface area contributed by atoms with Crippen molar-refractivity contribution in [3.05, 3.63) is 34.3 Å². The normalized spacial score (nSPS) is 18.4. The average Bonchev–Trinajstić information content (AvgIpc) is 2.42. The Morgan fingerprint density at radius 1 is 1.44 bits per heavy atom. The van der Waals surface area contributed by atoms with E-state index in [1.54, 1.807) is 19.2 Å². The van der Waals surface area contributed by atoms with E-state index in [9.17, 15) is 4.79 Å². The predicted octanol–water partition coefficient (Wildman–Crippen LogP) is 3.76. The Labute approximate surface area is 115 Å². The van der Waals surface area contributed by atoms with Crippen molar-refractivity contribution >= 4 is 22.2 Å². The topological polar surface area (TPSA) is 35.5 Å². The summed E-state index contributed by atoms with van der Waals surface area (Å²) < 4.78 is 11.9. The molecule has 96 valence electrons. The van der Waals surface area contributed by atoms with E-state index in [2.05, 4.69) is 28.1 Å². The molecule has 0 amide bonds. The molecule has 0 fully saturated rings. The third-order valence-corrected chi connectivity index (χ3v) is 3.46. The van der Waals surface area contributed by atoms with Crippen molar-refractivity contribution in [1.82, 2.24) is 0 Å². The third-order valence-electron chi connectivity index (χ3n) is 2.87. The number of hydrogen-bond donors (Lipinski definition) is 0. The number of ether oxygens (including phenoxy) is 2. The first-order valence-corrected chi connectivity index (χ1v) is 6.70. The molecule has 0 heterocycles. The van der Waals surface area contributed by atoms with Crippen LogP contribution in [0.15, 0.2) is 28.8 Å². The lowest BCUT2D eigenvalue weighted by Crippen LogP contribution is -2.16. The second-order valence-corrected chi connectivity index (χ2v) is 5.02. The molecule has 0 radical (unpaired) electrons. The second-order valence-electron chi connectivity index (χ2n) is 4.17. The molecule has 0 aromatic heterocycles. The molecule has 0 saturated heterocycles. The van der Waals surface area contributed by atoms with Crippen molar-refractivity contribution in [2.75, 3.05) is 7.11 Å². The minimum absolute atomic E-state index is 0.0750. The first-order valence-electron chi connectivity index (χ1n) is 5.90. The maximum atomic E-state index is 10.8. The Kier molecular flexibility index (Phi) is 4.42. The molecule has 0 spiro atoms. The van der Waals surface area contributed by atoms with Crippen molar-refractivity contribution in [3.63, 3.8) is 0 Å². The summed E-state index contributed by atoms with van der Waals surface area (Å²) in [4.78, 5) is 10.8. The van der Waals surface area contributed by atoms with Gasteiger partial charge < -0.3 is 9.47 Å². The average molecular weight is 311 g/mol. The molecule has 3 nitrogen and oxygen atoms in total. The highest BCUT2D eigenvalue weighted by Gasteiger charge is 2.16. The first kappa shape index (κ1) is 13.1. The number of rotatable bonds is 4. The summed E-state index contributed by atoms with van der Waals surface area (Å²) in [6, 6.07) is 3.41. The zero-order chi connectivity index (χ0) is 13.0. The lowest BCUT2D eigenvalue weighted by atomic mass is 10.1. The smallest absolute Gasteiger partial charge is 0.176 e. The van der Waals surface area contributed by atoms with E-state index in [4.69, 9.17) is 9.47 Å². The van der Waals surface area contributed by atoms with Crippen molar-refractivity contribution in [2.45, 2.75) is 25.4 Å². The van der Waals surface area contributed by atoms with Gasteiger partial charge in [0.05, 0.1) is 11.6 Å². The Morgan fingerprint density at radius 3 is 2.89 bits per heavy atom. The van der Waals surface area contributed by atoms with E-state index < -0.39 is 0 Å². The summed E-state index contributed by atoms with van der Waals surface area (Å²) in [5.41, 5.74) is 0.560. The summed E-state index contributed by atoms with van der Waals surface area (Å²) >= 11 is 3.42. The maximum absolute atomic E-state index is 10.8. The van der Waals surface area contributed by atoms with Gasteiger partial charge in [0.2, 0.25) is 0 Å². The zero-order valence-corrected chi connectivity index (χ0v) is 11.8. The molecule has 0 saturated carbocycles. The molecule has 0 N–H and O–H groups in total. The molecule has 18 heavy (non-hydrogen) atoms. The molecule has 0 aliphatic heterocycles. The summed E-state index contributed by atoms with van der Waals surface area (Å²) in [7, 11) is 1.57. The fourth-order valence-electron chi connectivity index (χ4n) is 1.95. The fourth-order valence-corrected chi connectivity index (χ4v) is 2.51. The lowest BCUT2D eigenvalue weighted by Gasteiger charge is -2.21. The van der Waals surface area contributed by atoms with Crippen LogP contribution in [0.25, 0.3) is 0 Å². The van der Waals surface area contributed by atoms with Crippen LogP contribution < -0.4 is 9.47 Å². The van der Waals surface area contributed by atoms with Crippen LogP contribution in [0.2, 0.25) is 0 Å². The minimum Gasteiger partial charge on any atom is -0.493 e. The van der Waals surface area contributed by atoms with Crippen LogP contribution in [-0.4, -0.2) is 19.5 Å². The van der Waals surface area contributed by atoms with Crippen LogP contribution in [0.5, 0.6) is 11.5 Å². The van der Waals surface area contributed by atoms with E-state index in [1.807, 2.05) is 0 Å². The van der Waals surface area contributed by atoms with Crippen molar-refractivity contribution in [1.29, 1.82) is 0 Å². The molecule has 1 aliphatic carbocycles. The number of benzene rings is 1. The standard InChI is InChI=1S/C14H15BrO3/c1-17-13-8-10(9-16)7-12(15)14(13)18-11-5-3-2-4-6-11/h3,5,7-9,11H,2,4,6H2,1H3. The molecule has 4 heteroatoms. The van der Waals surface area contributed by atoms with Gasteiger partial charge in [0.15, 0.2) is 11.5 Å². The number of carbonyl (C=O) groups is 1. The summed E-state index contributed by atoms with van der Waals surface area (Å²) in [5, 5.41) is 0. The van der Waals surface area contributed by atoms with Crippen molar-refractivity contribution in [3.8, 4) is 11.5 Å². The minimum atomic E-state index is 0.0750. The van der Waals surface area contributed by atoms with Gasteiger partial charge in [-0.2, -0.15) is 0 Å². The number of carbonyl (C=O) groups excluding carboxylic acids is 1. The van der Waals surface area contributed by atoms with Gasteiger partial charge in [-0.15, -0.1) is 0 Å². The monoisotopic (exact) mass is 310 g/mol. The van der Waals surface area contributed by atoms with E-state index >= 15 is 0 Å². The Hall–Kier alpha value is -1.29. The zero-order valence-electron chi connectivity index (χ0n) is 10.2. The van der Waals surface area contributed by atoms with Crippen LogP contribution in [-0.2, 0) is 0 Å². The van der Waals surface area contributed by atoms with Crippen LogP contribution >= 0.6 is 15.9 Å². The molecule has 1 unspecified atom stereocenters. The fraction of sp³-hybridized carbons (Fsp3) is 0.357. The number of aldehydes is 1. The largest absolute Gasteiger partial charge is 0.493 e. The van der Waals surface area contributed by atoms with Gasteiger partial charge >= 0.3 is 0 Å². The van der Waals surface area contributed by atoms with Crippen LogP contribution in [0.4, 0.5) is 0 Å². The lowest BCUT2D eigenvalue weighted by molar-refractivity contribution is 0.112. The number of allylic oxidation sites excluding steroid dienone is 1. The van der Waals surface area contributed by atoms with Gasteiger partial charge in [-0.25, -0.2) is 0 Å². The Balaban J connectivity index is 2.28. The SMILES string of the molecule is COc1cc(C=O)cc(Br)c1OC1C=CCCC1. The molecule has 1 aromatic rings. The van der Waals surface area contributed by atoms with E-state index in [0.717, 1.165) is 30.0 Å². The van der Waals surface area contributed by atoms with Crippen LogP contribution in [0.3, 0.4) is 0 Å². The molecule has 0 bridgehead atoms. The van der Waals surface area contributed by atoms with E-state index in [-0.39, 0.29) is 6.10 Å². The predicted molar refractivity (Wildman–Crippen MR) is 73.5 cm³/mol. The second kappa shape index (κ2) is 6.05. The van der Waals surface area contributed by atoms with E-state index in [0.29, 0.717) is 17.1 Å². The van der Waals surface area contributed by atoms with Crippen molar-refractivity contribution in [2.24, 2.45) is 0 Å². The van der Waals surface area contributed by atoms with Crippen LogP contribution in [0.1, 0.15) is 29.6 Å². The first-order chi connectivity index (χ1) is 8.74. The van der Waals surface area contributed by atoms with Gasteiger partial charge in [-0.3, -0.25) is 4.79 Å². The molecule has 1 aromatic carbocycles. The third kappa shape index (κ3) is 2.93. The molecule has 1 atom stereocenters. The highest BCUT2D eigenvalue weighted by Crippen LogP contribution is 2.37. The highest BCUT2D eigenvalue weighted by atomic mass is 79.9. The van der Waals surface area contributed by atoms with Gasteiger partial charge in [0.25, 0.3) is 0 Å². The van der Waals surface area contributed by atoms with Gasteiger partial charge in [-0.05, 0) is 53.4 Å². The highest BCUT2D eigenvalue weighted by molar-refractivity contribution is 9.10. The summed E-state index contributed by atoms with van der Waals surface area (Å²) in [6.07, 6.45) is 8.32. The summed E-state index contributed by atoms with van der Waals surface area (Å²) in [5.74, 6) is 1.23. The van der Waals surface area contributed by atoms with Gasteiger partial charge in [0, 0.05) is 5.56 Å². The maximum Gasteiger partial charge on any atom is 0.176 e. The molecule has 2 rings (SSSR count). The number of hydrogen-bond acceptors (Lipinski definition) is 3. The molecule has 1 aliphatic rings. The van der Waals surface area contributed by atoms with Gasteiger partial charge in [0.1, 0.15) is 12.4 Å². The van der Waals surface area contributed by atoms with Crippen LogP contribution in [0, 0.1) is 0 Å².